The first kappa shape index (κ1) is 16.5. The summed E-state index contributed by atoms with van der Waals surface area (Å²) in [7, 11) is 2.01. The molecule has 24 heavy (non-hydrogen) atoms. The Kier molecular flexibility index (Phi) is 4.09. The van der Waals surface area contributed by atoms with Gasteiger partial charge in [0.05, 0.1) is 23.2 Å². The van der Waals surface area contributed by atoms with E-state index < -0.39 is 5.60 Å². The molecule has 0 radical (unpaired) electrons. The number of hydrogen-bond donors (Lipinski definition) is 2. The largest absolute Gasteiger partial charge is 0.389 e. The van der Waals surface area contributed by atoms with Crippen LogP contribution in [0.2, 0.25) is 0 Å². The number of nitrogen functional groups attached to an aromatic ring is 1. The molecule has 0 saturated heterocycles. The molecule has 0 spiro atoms. The third-order valence-corrected chi connectivity index (χ3v) is 4.04. The van der Waals surface area contributed by atoms with Gasteiger partial charge in [0.2, 0.25) is 5.95 Å². The molecule has 2 aromatic heterocycles. The minimum absolute atomic E-state index is 0.421. The molecule has 3 N–H and O–H groups in total. The molecular formula is C18H25N5O. The van der Waals surface area contributed by atoms with Crippen molar-refractivity contribution in [2.45, 2.75) is 39.3 Å². The zero-order valence-corrected chi connectivity index (χ0v) is 14.7. The van der Waals surface area contributed by atoms with E-state index in [0.717, 1.165) is 35.3 Å². The van der Waals surface area contributed by atoms with E-state index in [-0.39, 0.29) is 0 Å². The van der Waals surface area contributed by atoms with Crippen molar-refractivity contribution in [1.82, 2.24) is 14.5 Å². The lowest BCUT2D eigenvalue weighted by Crippen LogP contribution is -2.29. The fourth-order valence-corrected chi connectivity index (χ4v) is 3.11. The minimum atomic E-state index is -0.866. The van der Waals surface area contributed by atoms with Crippen LogP contribution in [-0.4, -0.2) is 38.8 Å². The van der Waals surface area contributed by atoms with E-state index in [0.29, 0.717) is 17.9 Å². The van der Waals surface area contributed by atoms with E-state index in [4.69, 9.17) is 10.7 Å². The van der Waals surface area contributed by atoms with Crippen molar-refractivity contribution in [3.63, 3.8) is 0 Å². The van der Waals surface area contributed by atoms with Crippen LogP contribution in [0.25, 0.3) is 21.9 Å². The molecule has 128 valence electrons. The lowest BCUT2D eigenvalue weighted by atomic mass is 10.1. The zero-order valence-electron chi connectivity index (χ0n) is 14.7. The molecule has 3 rings (SSSR count). The topological polar surface area (TPSA) is 80.2 Å². The van der Waals surface area contributed by atoms with Crippen molar-refractivity contribution in [2.75, 3.05) is 24.2 Å². The number of para-hydroxylation sites is 1. The van der Waals surface area contributed by atoms with Crippen LogP contribution in [0, 0.1) is 0 Å². The summed E-state index contributed by atoms with van der Waals surface area (Å²) in [5.41, 5.74) is 7.76. The summed E-state index contributed by atoms with van der Waals surface area (Å²) in [6.07, 6.45) is 1.01. The molecule has 0 aliphatic rings. The van der Waals surface area contributed by atoms with Gasteiger partial charge in [-0.2, -0.15) is 0 Å². The number of aromatic nitrogens is 3. The van der Waals surface area contributed by atoms with Crippen molar-refractivity contribution in [3.05, 3.63) is 24.3 Å². The Bertz CT molecular complexity index is 878. The van der Waals surface area contributed by atoms with Crippen LogP contribution in [0.3, 0.4) is 0 Å². The van der Waals surface area contributed by atoms with E-state index in [9.17, 15) is 5.11 Å². The molecule has 0 aliphatic heterocycles. The quantitative estimate of drug-likeness (QED) is 0.753. The SMILES string of the molecule is CCCN(C)c1nc2c(N)nc3ccccc3c2n1CC(C)(C)O. The molecule has 2 heterocycles. The Balaban J connectivity index is 2.37. The summed E-state index contributed by atoms with van der Waals surface area (Å²) in [6, 6.07) is 7.90. The van der Waals surface area contributed by atoms with E-state index >= 15 is 0 Å². The van der Waals surface area contributed by atoms with Crippen molar-refractivity contribution >= 4 is 33.7 Å². The molecule has 0 unspecified atom stereocenters. The number of fused-ring (bicyclic) bond motifs is 3. The number of benzene rings is 1. The maximum absolute atomic E-state index is 10.4. The van der Waals surface area contributed by atoms with Gasteiger partial charge in [-0.1, -0.05) is 25.1 Å². The number of nitrogens with two attached hydrogens (primary N) is 1. The number of nitrogens with zero attached hydrogens (tertiary/aromatic N) is 4. The smallest absolute Gasteiger partial charge is 0.206 e. The second-order valence-corrected chi connectivity index (χ2v) is 6.94. The molecule has 1 aromatic carbocycles. The highest BCUT2D eigenvalue weighted by Gasteiger charge is 2.23. The van der Waals surface area contributed by atoms with Gasteiger partial charge < -0.3 is 20.3 Å². The number of hydrogen-bond acceptors (Lipinski definition) is 5. The van der Waals surface area contributed by atoms with Crippen LogP contribution in [0.4, 0.5) is 11.8 Å². The summed E-state index contributed by atoms with van der Waals surface area (Å²) in [5.74, 6) is 1.23. The van der Waals surface area contributed by atoms with Crippen molar-refractivity contribution in [3.8, 4) is 0 Å². The van der Waals surface area contributed by atoms with E-state index in [1.54, 1.807) is 13.8 Å². The van der Waals surface area contributed by atoms with Gasteiger partial charge in [-0.25, -0.2) is 9.97 Å². The standard InChI is InChI=1S/C18H25N5O/c1-5-10-22(4)17-21-14-15(23(17)11-18(2,3)24)12-8-6-7-9-13(12)20-16(14)19/h6-9,24H,5,10-11H2,1-4H3,(H2,19,20). The summed E-state index contributed by atoms with van der Waals surface area (Å²) in [6.45, 7) is 7.04. The number of aliphatic hydroxyl groups is 1. The Hall–Kier alpha value is -2.34. The Morgan fingerprint density at radius 3 is 2.62 bits per heavy atom. The molecule has 3 aromatic rings. The summed E-state index contributed by atoms with van der Waals surface area (Å²) in [4.78, 5) is 11.3. The second-order valence-electron chi connectivity index (χ2n) is 6.94. The monoisotopic (exact) mass is 327 g/mol. The second kappa shape index (κ2) is 5.94. The highest BCUT2D eigenvalue weighted by molar-refractivity contribution is 6.07. The summed E-state index contributed by atoms with van der Waals surface area (Å²) < 4.78 is 2.06. The molecule has 0 bridgehead atoms. The van der Waals surface area contributed by atoms with Gasteiger partial charge in [0.1, 0.15) is 5.52 Å². The Morgan fingerprint density at radius 2 is 1.96 bits per heavy atom. The minimum Gasteiger partial charge on any atom is -0.389 e. The van der Waals surface area contributed by atoms with E-state index in [1.807, 2.05) is 31.3 Å². The maximum atomic E-state index is 10.4. The van der Waals surface area contributed by atoms with Crippen molar-refractivity contribution in [2.24, 2.45) is 0 Å². The number of anilines is 2. The fourth-order valence-electron chi connectivity index (χ4n) is 3.11. The lowest BCUT2D eigenvalue weighted by molar-refractivity contribution is 0.0631. The first-order valence-electron chi connectivity index (χ1n) is 8.30. The van der Waals surface area contributed by atoms with Gasteiger partial charge >= 0.3 is 0 Å². The van der Waals surface area contributed by atoms with Gasteiger partial charge in [-0.15, -0.1) is 0 Å². The predicted molar refractivity (Wildman–Crippen MR) is 99.3 cm³/mol. The number of imidazole rings is 1. The molecule has 0 saturated carbocycles. The third kappa shape index (κ3) is 2.89. The molecule has 0 fully saturated rings. The fraction of sp³-hybridized carbons (Fsp3) is 0.444. The summed E-state index contributed by atoms with van der Waals surface area (Å²) in [5, 5.41) is 11.4. The van der Waals surface area contributed by atoms with Crippen LogP contribution in [0.5, 0.6) is 0 Å². The highest BCUT2D eigenvalue weighted by Crippen LogP contribution is 2.32. The Labute approximate surface area is 141 Å². The predicted octanol–water partition coefficient (Wildman–Crippen LogP) is 2.78. The van der Waals surface area contributed by atoms with E-state index in [1.165, 1.54) is 0 Å². The van der Waals surface area contributed by atoms with Crippen LogP contribution >= 0.6 is 0 Å². The van der Waals surface area contributed by atoms with Gasteiger partial charge in [0.25, 0.3) is 0 Å². The van der Waals surface area contributed by atoms with E-state index in [2.05, 4.69) is 21.4 Å². The zero-order chi connectivity index (χ0) is 17.5. The van der Waals surface area contributed by atoms with Gasteiger partial charge in [-0.3, -0.25) is 0 Å². The molecule has 0 amide bonds. The average Bonchev–Trinajstić information content (AvgIpc) is 2.86. The molecule has 0 aliphatic carbocycles. The maximum Gasteiger partial charge on any atom is 0.206 e. The summed E-state index contributed by atoms with van der Waals surface area (Å²) >= 11 is 0. The average molecular weight is 327 g/mol. The number of rotatable bonds is 5. The first-order chi connectivity index (χ1) is 11.3. The van der Waals surface area contributed by atoms with Crippen LogP contribution in [0.15, 0.2) is 24.3 Å². The molecule has 0 atom stereocenters. The van der Waals surface area contributed by atoms with Crippen LogP contribution in [0.1, 0.15) is 27.2 Å². The van der Waals surface area contributed by atoms with Crippen molar-refractivity contribution < 1.29 is 5.11 Å². The van der Waals surface area contributed by atoms with Crippen LogP contribution < -0.4 is 10.6 Å². The third-order valence-electron chi connectivity index (χ3n) is 4.04. The van der Waals surface area contributed by atoms with Crippen LogP contribution in [-0.2, 0) is 6.54 Å². The normalized spacial score (nSPS) is 12.2. The highest BCUT2D eigenvalue weighted by atomic mass is 16.3. The van der Waals surface area contributed by atoms with Gasteiger partial charge in [0, 0.05) is 19.0 Å². The first-order valence-corrected chi connectivity index (χ1v) is 8.30. The number of pyridine rings is 1. The van der Waals surface area contributed by atoms with Gasteiger partial charge in [0.15, 0.2) is 5.82 Å². The van der Waals surface area contributed by atoms with Crippen molar-refractivity contribution in [1.29, 1.82) is 0 Å². The lowest BCUT2D eigenvalue weighted by Gasteiger charge is -2.24. The molecule has 6 nitrogen and oxygen atoms in total. The molecular weight excluding hydrogens is 302 g/mol. The molecule has 6 heteroatoms. The van der Waals surface area contributed by atoms with Gasteiger partial charge in [-0.05, 0) is 26.3 Å². The Morgan fingerprint density at radius 1 is 1.25 bits per heavy atom.